The number of fused-ring (bicyclic) bond motifs is 1. The number of benzene rings is 1. The SMILES string of the molecule is COCNc1ccc2c(c1)CCC(=O)N2C. The minimum atomic E-state index is 0.185. The number of nitrogens with zero attached hydrogens (tertiary/aromatic N) is 1. The molecule has 1 aromatic rings. The molecular weight excluding hydrogens is 204 g/mol. The van der Waals surface area contributed by atoms with Gasteiger partial charge in [0.2, 0.25) is 5.91 Å². The van der Waals surface area contributed by atoms with E-state index in [4.69, 9.17) is 4.74 Å². The molecule has 1 heterocycles. The van der Waals surface area contributed by atoms with Gasteiger partial charge in [-0.15, -0.1) is 0 Å². The zero-order chi connectivity index (χ0) is 11.5. The summed E-state index contributed by atoms with van der Waals surface area (Å²) in [5, 5.41) is 3.14. The molecule has 0 spiro atoms. The molecule has 0 radical (unpaired) electrons. The van der Waals surface area contributed by atoms with Crippen LogP contribution in [0.2, 0.25) is 0 Å². The van der Waals surface area contributed by atoms with Crippen LogP contribution in [0.3, 0.4) is 0 Å². The zero-order valence-corrected chi connectivity index (χ0v) is 9.62. The highest BCUT2D eigenvalue weighted by atomic mass is 16.5. The standard InChI is InChI=1S/C12H16N2O2/c1-14-11-5-4-10(13-8-16-2)7-9(11)3-6-12(14)15/h4-5,7,13H,3,6,8H2,1-2H3. The van der Waals surface area contributed by atoms with Gasteiger partial charge in [0.1, 0.15) is 6.73 Å². The molecule has 0 aliphatic carbocycles. The molecule has 0 unspecified atom stereocenters. The van der Waals surface area contributed by atoms with E-state index in [1.165, 1.54) is 5.56 Å². The van der Waals surface area contributed by atoms with Crippen LogP contribution in [-0.4, -0.2) is 26.8 Å². The van der Waals surface area contributed by atoms with Crippen molar-refractivity contribution in [2.45, 2.75) is 12.8 Å². The van der Waals surface area contributed by atoms with Crippen LogP contribution in [0.4, 0.5) is 11.4 Å². The van der Waals surface area contributed by atoms with Gasteiger partial charge in [-0.1, -0.05) is 0 Å². The molecule has 0 saturated carbocycles. The number of nitrogens with one attached hydrogen (secondary N) is 1. The van der Waals surface area contributed by atoms with Gasteiger partial charge in [-0.3, -0.25) is 4.79 Å². The highest BCUT2D eigenvalue weighted by molar-refractivity contribution is 5.96. The Balaban J connectivity index is 2.23. The van der Waals surface area contributed by atoms with Gasteiger partial charge < -0.3 is 15.0 Å². The van der Waals surface area contributed by atoms with Crippen molar-refractivity contribution < 1.29 is 9.53 Å². The lowest BCUT2D eigenvalue weighted by molar-refractivity contribution is -0.118. The molecule has 1 aliphatic rings. The number of carbonyl (C=O) groups excluding carboxylic acids is 1. The van der Waals surface area contributed by atoms with E-state index in [-0.39, 0.29) is 5.91 Å². The van der Waals surface area contributed by atoms with Crippen molar-refractivity contribution in [3.05, 3.63) is 23.8 Å². The highest BCUT2D eigenvalue weighted by Gasteiger charge is 2.20. The third kappa shape index (κ3) is 2.02. The minimum absolute atomic E-state index is 0.185. The molecule has 0 fully saturated rings. The first-order valence-corrected chi connectivity index (χ1v) is 5.34. The number of ether oxygens (including phenoxy) is 1. The Labute approximate surface area is 95.2 Å². The van der Waals surface area contributed by atoms with Crippen molar-refractivity contribution in [3.8, 4) is 0 Å². The molecule has 1 aliphatic heterocycles. The Morgan fingerprint density at radius 3 is 3.00 bits per heavy atom. The summed E-state index contributed by atoms with van der Waals surface area (Å²) in [5.74, 6) is 0.185. The molecule has 2 rings (SSSR count). The topological polar surface area (TPSA) is 41.6 Å². The maximum atomic E-state index is 11.5. The van der Waals surface area contributed by atoms with Gasteiger partial charge in [-0.2, -0.15) is 0 Å². The number of methoxy groups -OCH3 is 1. The predicted molar refractivity (Wildman–Crippen MR) is 63.7 cm³/mol. The second kappa shape index (κ2) is 4.53. The third-order valence-electron chi connectivity index (χ3n) is 2.84. The number of hydrogen-bond donors (Lipinski definition) is 1. The lowest BCUT2D eigenvalue weighted by atomic mass is 10.0. The van der Waals surface area contributed by atoms with Crippen LogP contribution in [0.25, 0.3) is 0 Å². The lowest BCUT2D eigenvalue weighted by Crippen LogP contribution is -2.31. The second-order valence-electron chi connectivity index (χ2n) is 3.91. The summed E-state index contributed by atoms with van der Waals surface area (Å²) in [7, 11) is 3.47. The molecule has 16 heavy (non-hydrogen) atoms. The summed E-state index contributed by atoms with van der Waals surface area (Å²) < 4.78 is 4.95. The fraction of sp³-hybridized carbons (Fsp3) is 0.417. The van der Waals surface area contributed by atoms with Crippen molar-refractivity contribution in [2.24, 2.45) is 0 Å². The molecule has 86 valence electrons. The number of anilines is 2. The van der Waals surface area contributed by atoms with E-state index in [0.29, 0.717) is 13.2 Å². The van der Waals surface area contributed by atoms with Gasteiger partial charge >= 0.3 is 0 Å². The molecule has 0 bridgehead atoms. The van der Waals surface area contributed by atoms with E-state index in [0.717, 1.165) is 17.8 Å². The Hall–Kier alpha value is -1.55. The van der Waals surface area contributed by atoms with Crippen LogP contribution in [0.5, 0.6) is 0 Å². The van der Waals surface area contributed by atoms with Crippen molar-refractivity contribution in [1.29, 1.82) is 0 Å². The minimum Gasteiger partial charge on any atom is -0.365 e. The van der Waals surface area contributed by atoms with Crippen molar-refractivity contribution >= 4 is 17.3 Å². The smallest absolute Gasteiger partial charge is 0.227 e. The van der Waals surface area contributed by atoms with Crippen LogP contribution in [0.1, 0.15) is 12.0 Å². The average molecular weight is 220 g/mol. The third-order valence-corrected chi connectivity index (χ3v) is 2.84. The number of aryl methyl sites for hydroxylation is 1. The van der Waals surface area contributed by atoms with Gasteiger partial charge in [-0.05, 0) is 30.2 Å². The Morgan fingerprint density at radius 2 is 2.25 bits per heavy atom. The summed E-state index contributed by atoms with van der Waals surface area (Å²) in [4.78, 5) is 13.2. The maximum absolute atomic E-state index is 11.5. The second-order valence-corrected chi connectivity index (χ2v) is 3.91. The fourth-order valence-electron chi connectivity index (χ4n) is 1.92. The van der Waals surface area contributed by atoms with Gasteiger partial charge in [0, 0.05) is 32.0 Å². The van der Waals surface area contributed by atoms with Crippen molar-refractivity contribution in [1.82, 2.24) is 0 Å². The van der Waals surface area contributed by atoms with E-state index in [1.54, 1.807) is 12.0 Å². The van der Waals surface area contributed by atoms with Gasteiger partial charge in [0.25, 0.3) is 0 Å². The zero-order valence-electron chi connectivity index (χ0n) is 9.62. The molecular formula is C12H16N2O2. The summed E-state index contributed by atoms with van der Waals surface area (Å²) >= 11 is 0. The predicted octanol–water partition coefficient (Wildman–Crippen LogP) is 1.61. The Morgan fingerprint density at radius 1 is 1.44 bits per heavy atom. The average Bonchev–Trinajstić information content (AvgIpc) is 2.31. The number of carbonyl (C=O) groups is 1. The maximum Gasteiger partial charge on any atom is 0.227 e. The molecule has 0 aromatic heterocycles. The van der Waals surface area contributed by atoms with E-state index in [2.05, 4.69) is 11.4 Å². The van der Waals surface area contributed by atoms with E-state index < -0.39 is 0 Å². The molecule has 0 saturated heterocycles. The van der Waals surface area contributed by atoms with E-state index >= 15 is 0 Å². The molecule has 1 amide bonds. The van der Waals surface area contributed by atoms with Crippen molar-refractivity contribution in [2.75, 3.05) is 31.1 Å². The quantitative estimate of drug-likeness (QED) is 0.787. The summed E-state index contributed by atoms with van der Waals surface area (Å²) in [6.07, 6.45) is 1.41. The van der Waals surface area contributed by atoms with Crippen LogP contribution < -0.4 is 10.2 Å². The van der Waals surface area contributed by atoms with Crippen molar-refractivity contribution in [3.63, 3.8) is 0 Å². The highest BCUT2D eigenvalue weighted by Crippen LogP contribution is 2.28. The molecule has 4 heteroatoms. The Bertz CT molecular complexity index is 404. The first-order valence-electron chi connectivity index (χ1n) is 5.34. The molecule has 4 nitrogen and oxygen atoms in total. The van der Waals surface area contributed by atoms with Gasteiger partial charge in [-0.25, -0.2) is 0 Å². The summed E-state index contributed by atoms with van der Waals surface area (Å²) in [6.45, 7) is 0.494. The van der Waals surface area contributed by atoms with Gasteiger partial charge in [0.15, 0.2) is 0 Å². The molecule has 1 N–H and O–H groups in total. The van der Waals surface area contributed by atoms with Gasteiger partial charge in [0.05, 0.1) is 0 Å². The number of hydrogen-bond acceptors (Lipinski definition) is 3. The number of rotatable bonds is 3. The number of amides is 1. The summed E-state index contributed by atoms with van der Waals surface area (Å²) in [5.41, 5.74) is 3.26. The van der Waals surface area contributed by atoms with Crippen LogP contribution >= 0.6 is 0 Å². The van der Waals surface area contributed by atoms with E-state index in [9.17, 15) is 4.79 Å². The Kier molecular flexibility index (Phi) is 3.10. The monoisotopic (exact) mass is 220 g/mol. The molecule has 1 aromatic carbocycles. The first-order chi connectivity index (χ1) is 7.72. The summed E-state index contributed by atoms with van der Waals surface area (Å²) in [6, 6.07) is 6.02. The lowest BCUT2D eigenvalue weighted by Gasteiger charge is -2.26. The van der Waals surface area contributed by atoms with E-state index in [1.807, 2.05) is 19.2 Å². The van der Waals surface area contributed by atoms with Crippen LogP contribution in [0, 0.1) is 0 Å². The normalized spacial score (nSPS) is 14.9. The largest absolute Gasteiger partial charge is 0.365 e. The first kappa shape index (κ1) is 11.0. The fourth-order valence-corrected chi connectivity index (χ4v) is 1.92. The van der Waals surface area contributed by atoms with Crippen LogP contribution in [-0.2, 0) is 16.0 Å². The van der Waals surface area contributed by atoms with Crippen LogP contribution in [0.15, 0.2) is 18.2 Å². The molecule has 0 atom stereocenters.